The van der Waals surface area contributed by atoms with Crippen molar-refractivity contribution in [2.75, 3.05) is 6.61 Å². The number of carbonyl (C=O) groups excluding carboxylic acids is 1. The SMILES string of the molecule is CCCOC(=O)C(Cc1cccc(O)c1)OC1CCC1. The van der Waals surface area contributed by atoms with Gasteiger partial charge in [-0.3, -0.25) is 0 Å². The molecule has 110 valence electrons. The van der Waals surface area contributed by atoms with Crippen LogP contribution in [-0.2, 0) is 20.7 Å². The van der Waals surface area contributed by atoms with Gasteiger partial charge < -0.3 is 14.6 Å². The number of phenols is 1. The van der Waals surface area contributed by atoms with Gasteiger partial charge in [-0.1, -0.05) is 19.1 Å². The Balaban J connectivity index is 1.98. The number of esters is 1. The van der Waals surface area contributed by atoms with Crippen molar-refractivity contribution in [1.82, 2.24) is 0 Å². The molecule has 2 rings (SSSR count). The van der Waals surface area contributed by atoms with Gasteiger partial charge in [-0.25, -0.2) is 4.79 Å². The van der Waals surface area contributed by atoms with E-state index in [-0.39, 0.29) is 17.8 Å². The lowest BCUT2D eigenvalue weighted by atomic mass is 9.95. The number of phenolic OH excluding ortho intramolecular Hbond substituents is 1. The highest BCUT2D eigenvalue weighted by atomic mass is 16.6. The molecule has 1 atom stereocenters. The highest BCUT2D eigenvalue weighted by molar-refractivity contribution is 5.75. The summed E-state index contributed by atoms with van der Waals surface area (Å²) in [5.41, 5.74) is 0.878. The summed E-state index contributed by atoms with van der Waals surface area (Å²) >= 11 is 0. The number of ether oxygens (including phenoxy) is 2. The van der Waals surface area contributed by atoms with Crippen LogP contribution in [0.2, 0.25) is 0 Å². The van der Waals surface area contributed by atoms with Crippen LogP contribution in [-0.4, -0.2) is 29.9 Å². The first-order valence-electron chi connectivity index (χ1n) is 7.29. The minimum Gasteiger partial charge on any atom is -0.508 e. The van der Waals surface area contributed by atoms with E-state index < -0.39 is 6.10 Å². The van der Waals surface area contributed by atoms with E-state index in [0.29, 0.717) is 13.0 Å². The monoisotopic (exact) mass is 278 g/mol. The first-order valence-corrected chi connectivity index (χ1v) is 7.29. The summed E-state index contributed by atoms with van der Waals surface area (Å²) in [4.78, 5) is 12.1. The van der Waals surface area contributed by atoms with Crippen LogP contribution in [0.1, 0.15) is 38.2 Å². The number of carbonyl (C=O) groups is 1. The molecular formula is C16H22O4. The van der Waals surface area contributed by atoms with Crippen LogP contribution in [0.4, 0.5) is 0 Å². The minimum absolute atomic E-state index is 0.173. The highest BCUT2D eigenvalue weighted by Gasteiger charge is 2.28. The van der Waals surface area contributed by atoms with Gasteiger partial charge in [-0.15, -0.1) is 0 Å². The Bertz CT molecular complexity index is 440. The molecule has 0 aliphatic heterocycles. The molecule has 1 fully saturated rings. The molecule has 0 radical (unpaired) electrons. The minimum atomic E-state index is -0.575. The van der Waals surface area contributed by atoms with Crippen molar-refractivity contribution < 1.29 is 19.4 Å². The van der Waals surface area contributed by atoms with E-state index in [1.165, 1.54) is 0 Å². The van der Waals surface area contributed by atoms with E-state index in [1.54, 1.807) is 18.2 Å². The van der Waals surface area contributed by atoms with Gasteiger partial charge in [0.25, 0.3) is 0 Å². The summed E-state index contributed by atoms with van der Waals surface area (Å²) in [6.45, 7) is 2.38. The molecule has 4 heteroatoms. The van der Waals surface area contributed by atoms with Crippen LogP contribution < -0.4 is 0 Å². The molecule has 0 bridgehead atoms. The van der Waals surface area contributed by atoms with Gasteiger partial charge in [0.2, 0.25) is 0 Å². The lowest BCUT2D eigenvalue weighted by Gasteiger charge is -2.29. The summed E-state index contributed by atoms with van der Waals surface area (Å²) in [7, 11) is 0. The second-order valence-electron chi connectivity index (χ2n) is 5.22. The molecule has 0 amide bonds. The zero-order chi connectivity index (χ0) is 14.4. The van der Waals surface area contributed by atoms with Crippen molar-refractivity contribution >= 4 is 5.97 Å². The maximum Gasteiger partial charge on any atom is 0.335 e. The van der Waals surface area contributed by atoms with E-state index in [9.17, 15) is 9.90 Å². The van der Waals surface area contributed by atoms with E-state index >= 15 is 0 Å². The largest absolute Gasteiger partial charge is 0.508 e. The predicted molar refractivity (Wildman–Crippen MR) is 75.6 cm³/mol. The van der Waals surface area contributed by atoms with Crippen LogP contribution in [0.15, 0.2) is 24.3 Å². The summed E-state index contributed by atoms with van der Waals surface area (Å²) < 4.78 is 11.0. The standard InChI is InChI=1S/C16H22O4/c1-2-9-19-16(18)15(20-14-7-4-8-14)11-12-5-3-6-13(17)10-12/h3,5-6,10,14-15,17H,2,4,7-9,11H2,1H3. The maximum absolute atomic E-state index is 12.1. The van der Waals surface area contributed by atoms with Gasteiger partial charge in [0, 0.05) is 6.42 Å². The Labute approximate surface area is 119 Å². The van der Waals surface area contributed by atoms with E-state index in [4.69, 9.17) is 9.47 Å². The Hall–Kier alpha value is -1.55. The first kappa shape index (κ1) is 14.9. The van der Waals surface area contributed by atoms with Crippen molar-refractivity contribution in [3.05, 3.63) is 29.8 Å². The molecular weight excluding hydrogens is 256 g/mol. The summed E-state index contributed by atoms with van der Waals surface area (Å²) in [5, 5.41) is 9.49. The number of hydrogen-bond donors (Lipinski definition) is 1. The molecule has 20 heavy (non-hydrogen) atoms. The first-order chi connectivity index (χ1) is 9.69. The van der Waals surface area contributed by atoms with Gasteiger partial charge in [0.1, 0.15) is 5.75 Å². The van der Waals surface area contributed by atoms with E-state index in [0.717, 1.165) is 31.2 Å². The lowest BCUT2D eigenvalue weighted by Crippen LogP contribution is -2.35. The quantitative estimate of drug-likeness (QED) is 0.779. The number of hydrogen-bond acceptors (Lipinski definition) is 4. The molecule has 4 nitrogen and oxygen atoms in total. The molecule has 1 N–H and O–H groups in total. The fourth-order valence-corrected chi connectivity index (χ4v) is 2.12. The average molecular weight is 278 g/mol. The molecule has 0 saturated heterocycles. The fourth-order valence-electron chi connectivity index (χ4n) is 2.12. The van der Waals surface area contributed by atoms with Gasteiger partial charge in [-0.05, 0) is 43.4 Å². The molecule has 1 aromatic carbocycles. The highest BCUT2D eigenvalue weighted by Crippen LogP contribution is 2.25. The molecule has 1 aromatic rings. The number of aromatic hydroxyl groups is 1. The van der Waals surface area contributed by atoms with Crippen LogP contribution >= 0.6 is 0 Å². The van der Waals surface area contributed by atoms with Gasteiger partial charge in [0.05, 0.1) is 12.7 Å². The molecule has 1 unspecified atom stereocenters. The van der Waals surface area contributed by atoms with E-state index in [1.807, 2.05) is 13.0 Å². The van der Waals surface area contributed by atoms with Gasteiger partial charge in [-0.2, -0.15) is 0 Å². The van der Waals surface area contributed by atoms with Gasteiger partial charge >= 0.3 is 5.97 Å². The molecule has 0 spiro atoms. The summed E-state index contributed by atoms with van der Waals surface area (Å²) in [6, 6.07) is 6.91. The van der Waals surface area contributed by atoms with E-state index in [2.05, 4.69) is 0 Å². The van der Waals surface area contributed by atoms with Crippen LogP contribution in [0.5, 0.6) is 5.75 Å². The van der Waals surface area contributed by atoms with Crippen molar-refractivity contribution in [2.24, 2.45) is 0 Å². The molecule has 0 heterocycles. The van der Waals surface area contributed by atoms with Crippen LogP contribution in [0.25, 0.3) is 0 Å². The van der Waals surface area contributed by atoms with Crippen molar-refractivity contribution in [3.8, 4) is 5.75 Å². The zero-order valence-electron chi connectivity index (χ0n) is 11.9. The Morgan fingerprint density at radius 2 is 2.25 bits per heavy atom. The maximum atomic E-state index is 12.1. The molecule has 1 aliphatic carbocycles. The zero-order valence-corrected chi connectivity index (χ0v) is 11.9. The summed E-state index contributed by atoms with van der Waals surface area (Å²) in [5.74, 6) is -0.103. The average Bonchev–Trinajstić information content (AvgIpc) is 2.38. The Kier molecular flexibility index (Phi) is 5.41. The van der Waals surface area contributed by atoms with Crippen molar-refractivity contribution in [2.45, 2.75) is 51.2 Å². The molecule has 1 saturated carbocycles. The molecule has 0 aromatic heterocycles. The van der Waals surface area contributed by atoms with Crippen molar-refractivity contribution in [1.29, 1.82) is 0 Å². The lowest BCUT2D eigenvalue weighted by molar-refractivity contribution is -0.164. The topological polar surface area (TPSA) is 55.8 Å². The number of benzene rings is 1. The van der Waals surface area contributed by atoms with Gasteiger partial charge in [0.15, 0.2) is 6.10 Å². The normalized spacial score (nSPS) is 16.4. The predicted octanol–water partition coefficient (Wildman–Crippen LogP) is 2.83. The number of rotatable bonds is 7. The molecule has 1 aliphatic rings. The van der Waals surface area contributed by atoms with Crippen LogP contribution in [0.3, 0.4) is 0 Å². The Morgan fingerprint density at radius 1 is 1.45 bits per heavy atom. The summed E-state index contributed by atoms with van der Waals surface area (Å²) in [6.07, 6.45) is 4.02. The van der Waals surface area contributed by atoms with Crippen molar-refractivity contribution in [3.63, 3.8) is 0 Å². The Morgan fingerprint density at radius 3 is 2.85 bits per heavy atom. The third kappa shape index (κ3) is 4.23. The smallest absolute Gasteiger partial charge is 0.335 e. The third-order valence-electron chi connectivity index (χ3n) is 3.45. The third-order valence-corrected chi connectivity index (χ3v) is 3.45. The van der Waals surface area contributed by atoms with Crippen LogP contribution in [0, 0.1) is 0 Å². The second kappa shape index (κ2) is 7.29. The second-order valence-corrected chi connectivity index (χ2v) is 5.22. The fraction of sp³-hybridized carbons (Fsp3) is 0.562.